The first-order valence-electron chi connectivity index (χ1n) is 7.08. The molecule has 0 aliphatic carbocycles. The van der Waals surface area contributed by atoms with E-state index in [4.69, 9.17) is 0 Å². The molecule has 0 N–H and O–H groups in total. The monoisotopic (exact) mass is 331 g/mol. The Morgan fingerprint density at radius 1 is 1.32 bits per heavy atom. The molecule has 0 fully saturated rings. The van der Waals surface area contributed by atoms with Gasteiger partial charge in [0.2, 0.25) is 0 Å². The van der Waals surface area contributed by atoms with Crippen LogP contribution in [-0.2, 0) is 6.54 Å². The van der Waals surface area contributed by atoms with E-state index in [9.17, 15) is 4.79 Å². The molecule has 0 saturated heterocycles. The van der Waals surface area contributed by atoms with Crippen molar-refractivity contribution >= 4 is 38.8 Å². The molecule has 2 aromatic heterocycles. The quantitative estimate of drug-likeness (QED) is 0.721. The Morgan fingerprint density at radius 2 is 2.14 bits per heavy atom. The van der Waals surface area contributed by atoms with Crippen LogP contribution in [-0.4, -0.2) is 27.8 Å². The summed E-state index contributed by atoms with van der Waals surface area (Å²) in [5.74, 6) is 0.430. The number of amides is 1. The van der Waals surface area contributed by atoms with Crippen molar-refractivity contribution in [3.63, 3.8) is 0 Å². The number of carbonyl (C=O) groups is 1. The molecule has 0 bridgehead atoms. The Bertz CT molecular complexity index is 806. The van der Waals surface area contributed by atoms with Gasteiger partial charge in [0, 0.05) is 18.3 Å². The van der Waals surface area contributed by atoms with E-state index in [1.165, 1.54) is 11.3 Å². The lowest BCUT2D eigenvalue weighted by Crippen LogP contribution is -2.26. The molecular weight excluding hydrogens is 314 g/mol. The lowest BCUT2D eigenvalue weighted by Gasteiger charge is -2.16. The van der Waals surface area contributed by atoms with Crippen molar-refractivity contribution in [3.8, 4) is 0 Å². The molecule has 114 valence electrons. The van der Waals surface area contributed by atoms with Gasteiger partial charge in [-0.05, 0) is 12.1 Å². The van der Waals surface area contributed by atoms with E-state index in [1.807, 2.05) is 30.6 Å². The fraction of sp³-hybridized carbons (Fsp3) is 0.312. The van der Waals surface area contributed by atoms with Crippen LogP contribution in [0, 0.1) is 0 Å². The normalized spacial score (nSPS) is 11.3. The Balaban J connectivity index is 1.80. The number of thiazole rings is 2. The summed E-state index contributed by atoms with van der Waals surface area (Å²) in [5.41, 5.74) is 4.31. The van der Waals surface area contributed by atoms with E-state index in [-0.39, 0.29) is 5.91 Å². The maximum Gasteiger partial charge on any atom is 0.255 e. The largest absolute Gasteiger partial charge is 0.336 e. The lowest BCUT2D eigenvalue weighted by atomic mass is 10.2. The summed E-state index contributed by atoms with van der Waals surface area (Å²) in [6, 6.07) is 5.67. The minimum atomic E-state index is 0.00828. The molecule has 2 heterocycles. The van der Waals surface area contributed by atoms with Crippen molar-refractivity contribution in [1.82, 2.24) is 14.9 Å². The predicted octanol–water partition coefficient (Wildman–Crippen LogP) is 4.15. The molecule has 6 heteroatoms. The second-order valence-corrected chi connectivity index (χ2v) is 7.24. The molecule has 3 aromatic rings. The fourth-order valence-corrected chi connectivity index (χ4v) is 3.86. The van der Waals surface area contributed by atoms with Gasteiger partial charge in [0.1, 0.15) is 0 Å². The average molecular weight is 331 g/mol. The Hall–Kier alpha value is -1.79. The maximum absolute atomic E-state index is 12.7. The summed E-state index contributed by atoms with van der Waals surface area (Å²) >= 11 is 3.16. The maximum atomic E-state index is 12.7. The minimum absolute atomic E-state index is 0.00828. The van der Waals surface area contributed by atoms with E-state index in [0.717, 1.165) is 20.9 Å². The van der Waals surface area contributed by atoms with Gasteiger partial charge in [-0.1, -0.05) is 19.9 Å². The molecular formula is C16H17N3OS2. The first-order chi connectivity index (χ1) is 10.6. The van der Waals surface area contributed by atoms with Crippen LogP contribution in [0.1, 0.15) is 40.8 Å². The van der Waals surface area contributed by atoms with E-state index in [1.54, 1.807) is 21.7 Å². The van der Waals surface area contributed by atoms with Crippen molar-refractivity contribution in [2.45, 2.75) is 26.3 Å². The number of benzene rings is 1. The minimum Gasteiger partial charge on any atom is -0.336 e. The Labute approximate surface area is 137 Å². The fourth-order valence-electron chi connectivity index (χ4n) is 2.24. The van der Waals surface area contributed by atoms with Crippen LogP contribution in [0.15, 0.2) is 29.1 Å². The molecule has 3 rings (SSSR count). The molecule has 0 aliphatic rings. The van der Waals surface area contributed by atoms with Gasteiger partial charge in [-0.3, -0.25) is 4.79 Å². The average Bonchev–Trinajstić information content (AvgIpc) is 3.14. The molecule has 22 heavy (non-hydrogen) atoms. The molecule has 0 radical (unpaired) electrons. The van der Waals surface area contributed by atoms with Crippen LogP contribution >= 0.6 is 22.7 Å². The third-order valence-corrected chi connectivity index (χ3v) is 5.47. The van der Waals surface area contributed by atoms with Crippen molar-refractivity contribution in [2.24, 2.45) is 0 Å². The highest BCUT2D eigenvalue weighted by atomic mass is 32.1. The van der Waals surface area contributed by atoms with E-state index < -0.39 is 0 Å². The third kappa shape index (κ3) is 2.89. The summed E-state index contributed by atoms with van der Waals surface area (Å²) in [6.45, 7) is 4.78. The number of rotatable bonds is 4. The highest BCUT2D eigenvalue weighted by Crippen LogP contribution is 2.24. The van der Waals surface area contributed by atoms with E-state index in [0.29, 0.717) is 18.0 Å². The molecule has 0 saturated carbocycles. The molecule has 1 amide bonds. The number of fused-ring (bicyclic) bond motifs is 1. The zero-order valence-corrected chi connectivity index (χ0v) is 14.4. The summed E-state index contributed by atoms with van der Waals surface area (Å²) in [7, 11) is 1.82. The number of hydrogen-bond acceptors (Lipinski definition) is 5. The van der Waals surface area contributed by atoms with Gasteiger partial charge in [0.25, 0.3) is 5.91 Å². The second-order valence-electron chi connectivity index (χ2n) is 5.50. The molecule has 0 atom stereocenters. The van der Waals surface area contributed by atoms with Crippen LogP contribution in [0.5, 0.6) is 0 Å². The van der Waals surface area contributed by atoms with Crippen molar-refractivity contribution in [2.75, 3.05) is 7.05 Å². The van der Waals surface area contributed by atoms with Crippen LogP contribution < -0.4 is 0 Å². The molecule has 0 unspecified atom stereocenters. The summed E-state index contributed by atoms with van der Waals surface area (Å²) in [5, 5.41) is 3.15. The van der Waals surface area contributed by atoms with Crippen molar-refractivity contribution < 1.29 is 4.79 Å². The number of aromatic nitrogens is 2. The molecule has 0 aliphatic heterocycles. The SMILES string of the molecule is CC(C)c1nc(CN(C)C(=O)c2cccc3ncsc23)cs1. The van der Waals surface area contributed by atoms with Crippen LogP contribution in [0.3, 0.4) is 0 Å². The lowest BCUT2D eigenvalue weighted by molar-refractivity contribution is 0.0785. The van der Waals surface area contributed by atoms with Gasteiger partial charge >= 0.3 is 0 Å². The first-order valence-corrected chi connectivity index (χ1v) is 8.84. The van der Waals surface area contributed by atoms with Gasteiger partial charge < -0.3 is 4.90 Å². The second kappa shape index (κ2) is 6.14. The third-order valence-electron chi connectivity index (χ3n) is 3.40. The Kier molecular flexibility index (Phi) is 4.22. The molecule has 4 nitrogen and oxygen atoms in total. The first kappa shape index (κ1) is 15.1. The van der Waals surface area contributed by atoms with E-state index >= 15 is 0 Å². The van der Waals surface area contributed by atoms with Gasteiger partial charge in [0.05, 0.1) is 38.5 Å². The number of nitrogens with zero attached hydrogens (tertiary/aromatic N) is 3. The number of hydrogen-bond donors (Lipinski definition) is 0. The molecule has 0 spiro atoms. The van der Waals surface area contributed by atoms with Gasteiger partial charge in [-0.15, -0.1) is 22.7 Å². The topological polar surface area (TPSA) is 46.1 Å². The predicted molar refractivity (Wildman–Crippen MR) is 91.6 cm³/mol. The van der Waals surface area contributed by atoms with Crippen LogP contribution in [0.25, 0.3) is 10.2 Å². The zero-order chi connectivity index (χ0) is 15.7. The van der Waals surface area contributed by atoms with Gasteiger partial charge in [-0.2, -0.15) is 0 Å². The summed E-state index contributed by atoms with van der Waals surface area (Å²) in [4.78, 5) is 23.3. The van der Waals surface area contributed by atoms with Crippen molar-refractivity contribution in [3.05, 3.63) is 45.4 Å². The van der Waals surface area contributed by atoms with Crippen LogP contribution in [0.2, 0.25) is 0 Å². The standard InChI is InChI=1S/C16H17N3OS2/c1-10(2)15-18-11(8-21-15)7-19(3)16(20)12-5-4-6-13-14(12)22-9-17-13/h4-6,8-10H,7H2,1-3H3. The smallest absolute Gasteiger partial charge is 0.255 e. The zero-order valence-electron chi connectivity index (χ0n) is 12.7. The molecule has 1 aromatic carbocycles. The summed E-state index contributed by atoms with van der Waals surface area (Å²) < 4.78 is 0.945. The van der Waals surface area contributed by atoms with Crippen molar-refractivity contribution in [1.29, 1.82) is 0 Å². The highest BCUT2D eigenvalue weighted by Gasteiger charge is 2.17. The van der Waals surface area contributed by atoms with E-state index in [2.05, 4.69) is 23.8 Å². The van der Waals surface area contributed by atoms with Crippen LogP contribution in [0.4, 0.5) is 0 Å². The van der Waals surface area contributed by atoms with Gasteiger partial charge in [-0.25, -0.2) is 9.97 Å². The number of carbonyl (C=O) groups excluding carboxylic acids is 1. The van der Waals surface area contributed by atoms with Gasteiger partial charge in [0.15, 0.2) is 0 Å². The highest BCUT2D eigenvalue weighted by molar-refractivity contribution is 7.17. The summed E-state index contributed by atoms with van der Waals surface area (Å²) in [6.07, 6.45) is 0. The Morgan fingerprint density at radius 3 is 2.86 bits per heavy atom.